The van der Waals surface area contributed by atoms with Crippen LogP contribution in [0.3, 0.4) is 0 Å². The summed E-state index contributed by atoms with van der Waals surface area (Å²) in [7, 11) is 0. The fourth-order valence-electron chi connectivity index (χ4n) is 1.20. The summed E-state index contributed by atoms with van der Waals surface area (Å²) in [5.41, 5.74) is 0. The SMILES string of the molecule is C=CC(=O)OCCCCOCC1COC(=O)O1. The molecule has 17 heavy (non-hydrogen) atoms. The van der Waals surface area contributed by atoms with E-state index in [0.717, 1.165) is 18.9 Å². The summed E-state index contributed by atoms with van der Waals surface area (Å²) in [6.45, 7) is 4.75. The third-order valence-corrected chi connectivity index (χ3v) is 2.05. The van der Waals surface area contributed by atoms with E-state index in [1.165, 1.54) is 0 Å². The zero-order chi connectivity index (χ0) is 12.5. The molecule has 96 valence electrons. The van der Waals surface area contributed by atoms with Crippen LogP contribution in [0.2, 0.25) is 0 Å². The van der Waals surface area contributed by atoms with Gasteiger partial charge >= 0.3 is 12.1 Å². The predicted molar refractivity (Wildman–Crippen MR) is 57.4 cm³/mol. The molecule has 6 heteroatoms. The van der Waals surface area contributed by atoms with Crippen LogP contribution in [0.15, 0.2) is 12.7 Å². The Bertz CT molecular complexity index is 275. The highest BCUT2D eigenvalue weighted by Gasteiger charge is 2.24. The first-order valence-electron chi connectivity index (χ1n) is 5.42. The highest BCUT2D eigenvalue weighted by Crippen LogP contribution is 2.06. The minimum absolute atomic E-state index is 0.246. The van der Waals surface area contributed by atoms with E-state index < -0.39 is 12.1 Å². The van der Waals surface area contributed by atoms with E-state index >= 15 is 0 Å². The molecule has 0 aromatic heterocycles. The Morgan fingerprint density at radius 1 is 1.47 bits per heavy atom. The molecule has 0 amide bonds. The Hall–Kier alpha value is -1.56. The van der Waals surface area contributed by atoms with Gasteiger partial charge in [-0.15, -0.1) is 0 Å². The third kappa shape index (κ3) is 5.91. The van der Waals surface area contributed by atoms with E-state index in [2.05, 4.69) is 11.3 Å². The number of hydrogen-bond donors (Lipinski definition) is 0. The van der Waals surface area contributed by atoms with Gasteiger partial charge in [0.1, 0.15) is 6.61 Å². The Morgan fingerprint density at radius 2 is 2.24 bits per heavy atom. The molecule has 0 aromatic carbocycles. The van der Waals surface area contributed by atoms with Crippen LogP contribution in [-0.4, -0.2) is 44.7 Å². The minimum Gasteiger partial charge on any atom is -0.463 e. The Morgan fingerprint density at radius 3 is 2.88 bits per heavy atom. The van der Waals surface area contributed by atoms with Gasteiger partial charge in [-0.2, -0.15) is 0 Å². The lowest BCUT2D eigenvalue weighted by Gasteiger charge is -2.07. The predicted octanol–water partition coefficient (Wildman–Crippen LogP) is 1.05. The number of esters is 1. The van der Waals surface area contributed by atoms with Crippen molar-refractivity contribution in [3.05, 3.63) is 12.7 Å². The number of hydrogen-bond acceptors (Lipinski definition) is 6. The summed E-state index contributed by atoms with van der Waals surface area (Å²) in [5.74, 6) is -0.416. The maximum absolute atomic E-state index is 10.7. The van der Waals surface area contributed by atoms with Gasteiger partial charge in [0.2, 0.25) is 0 Å². The standard InChI is InChI=1S/C11H16O6/c1-2-10(12)15-6-4-3-5-14-7-9-8-16-11(13)17-9/h2,9H,1,3-8H2. The molecule has 1 aliphatic rings. The molecule has 1 heterocycles. The van der Waals surface area contributed by atoms with Crippen LogP contribution in [0.25, 0.3) is 0 Å². The van der Waals surface area contributed by atoms with Crippen LogP contribution in [0.1, 0.15) is 12.8 Å². The third-order valence-electron chi connectivity index (χ3n) is 2.05. The Kier molecular flexibility index (Phi) is 6.09. The number of carbonyl (C=O) groups excluding carboxylic acids is 2. The monoisotopic (exact) mass is 244 g/mol. The molecule has 0 radical (unpaired) electrons. The van der Waals surface area contributed by atoms with Crippen molar-refractivity contribution in [3.63, 3.8) is 0 Å². The summed E-state index contributed by atoms with van der Waals surface area (Å²) < 4.78 is 19.4. The van der Waals surface area contributed by atoms with E-state index in [4.69, 9.17) is 14.2 Å². The molecule has 0 aliphatic carbocycles. The van der Waals surface area contributed by atoms with Crippen LogP contribution >= 0.6 is 0 Å². The molecule has 1 fully saturated rings. The largest absolute Gasteiger partial charge is 0.508 e. The first kappa shape index (κ1) is 13.5. The van der Waals surface area contributed by atoms with Crippen molar-refractivity contribution < 1.29 is 28.5 Å². The lowest BCUT2D eigenvalue weighted by molar-refractivity contribution is -0.137. The van der Waals surface area contributed by atoms with Crippen LogP contribution in [0.4, 0.5) is 4.79 Å². The maximum atomic E-state index is 10.7. The van der Waals surface area contributed by atoms with Crippen molar-refractivity contribution in [1.82, 2.24) is 0 Å². The Balaban J connectivity index is 1.86. The molecule has 0 saturated carbocycles. The van der Waals surface area contributed by atoms with Crippen LogP contribution in [0.5, 0.6) is 0 Å². The first-order chi connectivity index (χ1) is 8.22. The van der Waals surface area contributed by atoms with Crippen molar-refractivity contribution >= 4 is 12.1 Å². The highest BCUT2D eigenvalue weighted by molar-refractivity contribution is 5.81. The molecular weight excluding hydrogens is 228 g/mol. The van der Waals surface area contributed by atoms with Gasteiger partial charge in [0.15, 0.2) is 6.10 Å². The molecule has 1 aliphatic heterocycles. The van der Waals surface area contributed by atoms with Crippen molar-refractivity contribution in [2.24, 2.45) is 0 Å². The lowest BCUT2D eigenvalue weighted by atomic mass is 10.3. The summed E-state index contributed by atoms with van der Waals surface area (Å²) in [6.07, 6.45) is 1.67. The second-order valence-electron chi connectivity index (χ2n) is 3.45. The van der Waals surface area contributed by atoms with Gasteiger partial charge in [-0.25, -0.2) is 9.59 Å². The quantitative estimate of drug-likeness (QED) is 0.361. The van der Waals surface area contributed by atoms with Gasteiger partial charge in [-0.3, -0.25) is 0 Å². The first-order valence-corrected chi connectivity index (χ1v) is 5.42. The zero-order valence-corrected chi connectivity index (χ0v) is 9.55. The van der Waals surface area contributed by atoms with Crippen LogP contribution < -0.4 is 0 Å². The number of cyclic esters (lactones) is 2. The van der Waals surface area contributed by atoms with E-state index in [1.807, 2.05) is 0 Å². The van der Waals surface area contributed by atoms with Crippen LogP contribution in [-0.2, 0) is 23.7 Å². The zero-order valence-electron chi connectivity index (χ0n) is 9.55. The molecule has 1 saturated heterocycles. The Labute approximate surface area is 99.5 Å². The van der Waals surface area contributed by atoms with Crippen molar-refractivity contribution in [1.29, 1.82) is 0 Å². The van der Waals surface area contributed by atoms with E-state index in [-0.39, 0.29) is 12.7 Å². The molecular formula is C11H16O6. The molecule has 0 bridgehead atoms. The number of rotatable bonds is 8. The number of unbranched alkanes of at least 4 members (excludes halogenated alkanes) is 1. The fraction of sp³-hybridized carbons (Fsp3) is 0.636. The average Bonchev–Trinajstić information content (AvgIpc) is 2.73. The van der Waals surface area contributed by atoms with Crippen molar-refractivity contribution in [2.75, 3.05) is 26.4 Å². The van der Waals surface area contributed by atoms with Gasteiger partial charge in [-0.05, 0) is 12.8 Å². The average molecular weight is 244 g/mol. The van der Waals surface area contributed by atoms with Crippen LogP contribution in [0, 0.1) is 0 Å². The number of carbonyl (C=O) groups is 2. The number of ether oxygens (including phenoxy) is 4. The smallest absolute Gasteiger partial charge is 0.463 e. The van der Waals surface area contributed by atoms with Gasteiger partial charge in [0.05, 0.1) is 13.2 Å². The van der Waals surface area contributed by atoms with E-state index in [9.17, 15) is 9.59 Å². The van der Waals surface area contributed by atoms with Crippen molar-refractivity contribution in [3.8, 4) is 0 Å². The summed E-state index contributed by atoms with van der Waals surface area (Å²) in [4.78, 5) is 21.2. The fourth-order valence-corrected chi connectivity index (χ4v) is 1.20. The summed E-state index contributed by atoms with van der Waals surface area (Å²) >= 11 is 0. The maximum Gasteiger partial charge on any atom is 0.508 e. The summed E-state index contributed by atoms with van der Waals surface area (Å²) in [6, 6.07) is 0. The molecule has 0 N–H and O–H groups in total. The molecule has 1 unspecified atom stereocenters. The van der Waals surface area contributed by atoms with Gasteiger partial charge < -0.3 is 18.9 Å². The molecule has 1 rings (SSSR count). The highest BCUT2D eigenvalue weighted by atomic mass is 16.8. The minimum atomic E-state index is -0.644. The molecule has 0 spiro atoms. The van der Waals surface area contributed by atoms with Gasteiger partial charge in [0, 0.05) is 12.7 Å². The second kappa shape index (κ2) is 7.67. The van der Waals surface area contributed by atoms with E-state index in [1.54, 1.807) is 0 Å². The topological polar surface area (TPSA) is 71.1 Å². The molecule has 6 nitrogen and oxygen atoms in total. The normalized spacial score (nSPS) is 18.4. The van der Waals surface area contributed by atoms with Gasteiger partial charge in [0.25, 0.3) is 0 Å². The molecule has 1 atom stereocenters. The van der Waals surface area contributed by atoms with Gasteiger partial charge in [-0.1, -0.05) is 6.58 Å². The second-order valence-corrected chi connectivity index (χ2v) is 3.45. The summed E-state index contributed by atoms with van der Waals surface area (Å²) in [5, 5.41) is 0. The lowest BCUT2D eigenvalue weighted by Crippen LogP contribution is -2.18. The molecule has 0 aromatic rings. The van der Waals surface area contributed by atoms with E-state index in [0.29, 0.717) is 19.8 Å². The van der Waals surface area contributed by atoms with Crippen molar-refractivity contribution in [2.45, 2.75) is 18.9 Å².